The SMILES string of the molecule is CCCCCCCCCCOC(F)(F)c1ccsc1. The van der Waals surface area contributed by atoms with Gasteiger partial charge in [0, 0.05) is 5.38 Å². The highest BCUT2D eigenvalue weighted by Gasteiger charge is 2.32. The smallest absolute Gasteiger partial charge is 0.317 e. The van der Waals surface area contributed by atoms with Crippen LogP contribution in [0, 0.1) is 0 Å². The van der Waals surface area contributed by atoms with Crippen molar-refractivity contribution in [1.29, 1.82) is 0 Å². The summed E-state index contributed by atoms with van der Waals surface area (Å²) in [5.41, 5.74) is -0.0305. The standard InChI is InChI=1S/C15H24F2OS/c1-2-3-4-5-6-7-8-9-11-18-15(16,17)14-10-12-19-13-14/h10,12-13H,2-9,11H2,1H3. The molecule has 4 heteroatoms. The number of halogens is 2. The second-order valence-electron chi connectivity index (χ2n) is 4.85. The molecule has 1 rings (SSSR count). The minimum atomic E-state index is -3.12. The Morgan fingerprint density at radius 2 is 1.68 bits per heavy atom. The average molecular weight is 290 g/mol. The Morgan fingerprint density at radius 1 is 1.05 bits per heavy atom. The number of alkyl halides is 2. The number of unbranched alkanes of at least 4 members (excludes halogenated alkanes) is 7. The molecular formula is C15H24F2OS. The largest absolute Gasteiger partial charge is 0.384 e. The molecular weight excluding hydrogens is 266 g/mol. The summed E-state index contributed by atoms with van der Waals surface area (Å²) >= 11 is 1.26. The lowest BCUT2D eigenvalue weighted by Gasteiger charge is -2.15. The number of rotatable bonds is 11. The topological polar surface area (TPSA) is 9.23 Å². The normalized spacial score (nSPS) is 11.9. The van der Waals surface area contributed by atoms with Gasteiger partial charge < -0.3 is 4.74 Å². The fourth-order valence-electron chi connectivity index (χ4n) is 1.95. The van der Waals surface area contributed by atoms with Gasteiger partial charge in [-0.1, -0.05) is 51.9 Å². The fourth-order valence-corrected chi connectivity index (χ4v) is 2.62. The number of thiophene rings is 1. The third kappa shape index (κ3) is 7.02. The van der Waals surface area contributed by atoms with Gasteiger partial charge in [0.25, 0.3) is 0 Å². The minimum absolute atomic E-state index is 0.0305. The molecule has 19 heavy (non-hydrogen) atoms. The zero-order chi connectivity index (χ0) is 14.0. The Kier molecular flexibility index (Phi) is 8.22. The van der Waals surface area contributed by atoms with Crippen molar-refractivity contribution in [3.05, 3.63) is 22.4 Å². The van der Waals surface area contributed by atoms with E-state index in [1.165, 1.54) is 54.9 Å². The van der Waals surface area contributed by atoms with Crippen LogP contribution < -0.4 is 0 Å². The molecule has 1 heterocycles. The van der Waals surface area contributed by atoms with Gasteiger partial charge in [-0.25, -0.2) is 0 Å². The van der Waals surface area contributed by atoms with Crippen LogP contribution in [0.4, 0.5) is 8.78 Å². The summed E-state index contributed by atoms with van der Waals surface area (Å²) < 4.78 is 31.7. The van der Waals surface area contributed by atoms with Crippen LogP contribution >= 0.6 is 11.3 Å². The lowest BCUT2D eigenvalue weighted by Crippen LogP contribution is -2.18. The van der Waals surface area contributed by atoms with Crippen LogP contribution in [-0.4, -0.2) is 6.61 Å². The summed E-state index contributed by atoms with van der Waals surface area (Å²) in [7, 11) is 0. The molecule has 0 aliphatic carbocycles. The first-order chi connectivity index (χ1) is 9.17. The maximum atomic E-state index is 13.5. The Balaban J connectivity index is 1.99. The van der Waals surface area contributed by atoms with Crippen LogP contribution in [-0.2, 0) is 10.8 Å². The van der Waals surface area contributed by atoms with E-state index in [1.54, 1.807) is 5.38 Å². The molecule has 0 fully saturated rings. The molecule has 0 saturated heterocycles. The summed E-state index contributed by atoms with van der Waals surface area (Å²) in [6, 6.07) is 1.42. The first kappa shape index (κ1) is 16.6. The van der Waals surface area contributed by atoms with Crippen molar-refractivity contribution in [3.8, 4) is 0 Å². The number of hydrogen-bond donors (Lipinski definition) is 0. The molecule has 0 spiro atoms. The Hall–Kier alpha value is -0.480. The molecule has 0 amide bonds. The zero-order valence-electron chi connectivity index (χ0n) is 11.7. The minimum Gasteiger partial charge on any atom is -0.317 e. The molecule has 0 aliphatic rings. The molecule has 0 radical (unpaired) electrons. The van der Waals surface area contributed by atoms with Gasteiger partial charge in [-0.2, -0.15) is 20.1 Å². The number of hydrogen-bond acceptors (Lipinski definition) is 2. The lowest BCUT2D eigenvalue weighted by atomic mass is 10.1. The van der Waals surface area contributed by atoms with Crippen molar-refractivity contribution >= 4 is 11.3 Å². The third-order valence-corrected chi connectivity index (χ3v) is 3.82. The summed E-state index contributed by atoms with van der Waals surface area (Å²) in [5, 5.41) is 3.08. The van der Waals surface area contributed by atoms with E-state index in [2.05, 4.69) is 6.92 Å². The quantitative estimate of drug-likeness (QED) is 0.457. The van der Waals surface area contributed by atoms with Gasteiger partial charge in [-0.05, 0) is 17.9 Å². The van der Waals surface area contributed by atoms with E-state index in [0.717, 1.165) is 12.8 Å². The molecule has 1 aromatic rings. The maximum Gasteiger partial charge on any atom is 0.384 e. The molecule has 0 bridgehead atoms. The highest BCUT2D eigenvalue weighted by atomic mass is 32.1. The summed E-state index contributed by atoms with van der Waals surface area (Å²) in [4.78, 5) is 0. The Bertz CT molecular complexity index is 312. The van der Waals surface area contributed by atoms with Gasteiger partial charge in [-0.3, -0.25) is 0 Å². The fraction of sp³-hybridized carbons (Fsp3) is 0.733. The predicted molar refractivity (Wildman–Crippen MR) is 76.8 cm³/mol. The Morgan fingerprint density at radius 3 is 2.26 bits per heavy atom. The van der Waals surface area contributed by atoms with E-state index in [1.807, 2.05) is 0 Å². The van der Waals surface area contributed by atoms with E-state index >= 15 is 0 Å². The van der Waals surface area contributed by atoms with Crippen molar-refractivity contribution in [2.45, 2.75) is 64.4 Å². The Labute approximate surface area is 119 Å². The van der Waals surface area contributed by atoms with Crippen LogP contribution in [0.5, 0.6) is 0 Å². The molecule has 0 atom stereocenters. The maximum absolute atomic E-state index is 13.5. The van der Waals surface area contributed by atoms with E-state index in [-0.39, 0.29) is 12.2 Å². The van der Waals surface area contributed by atoms with E-state index < -0.39 is 6.11 Å². The van der Waals surface area contributed by atoms with Crippen LogP contribution in [0.2, 0.25) is 0 Å². The molecule has 0 saturated carbocycles. The molecule has 0 unspecified atom stereocenters. The van der Waals surface area contributed by atoms with Gasteiger partial charge in [-0.15, -0.1) is 0 Å². The van der Waals surface area contributed by atoms with Crippen molar-refractivity contribution in [1.82, 2.24) is 0 Å². The molecule has 0 N–H and O–H groups in total. The van der Waals surface area contributed by atoms with Crippen LogP contribution in [0.3, 0.4) is 0 Å². The first-order valence-corrected chi connectivity index (χ1v) is 8.15. The lowest BCUT2D eigenvalue weighted by molar-refractivity contribution is -0.248. The van der Waals surface area contributed by atoms with Crippen molar-refractivity contribution in [3.63, 3.8) is 0 Å². The second kappa shape index (κ2) is 9.43. The van der Waals surface area contributed by atoms with Gasteiger partial charge in [0.15, 0.2) is 0 Å². The van der Waals surface area contributed by atoms with Gasteiger partial charge >= 0.3 is 6.11 Å². The predicted octanol–water partition coefficient (Wildman–Crippen LogP) is 5.95. The van der Waals surface area contributed by atoms with E-state index in [0.29, 0.717) is 6.42 Å². The monoisotopic (exact) mass is 290 g/mol. The second-order valence-corrected chi connectivity index (χ2v) is 5.63. The van der Waals surface area contributed by atoms with E-state index in [9.17, 15) is 8.78 Å². The van der Waals surface area contributed by atoms with Crippen LogP contribution in [0.1, 0.15) is 63.9 Å². The molecule has 1 aromatic heterocycles. The highest BCUT2D eigenvalue weighted by molar-refractivity contribution is 7.07. The summed E-state index contributed by atoms with van der Waals surface area (Å²) in [6.07, 6.45) is 6.02. The summed E-state index contributed by atoms with van der Waals surface area (Å²) in [6.45, 7) is 2.34. The van der Waals surface area contributed by atoms with Gasteiger partial charge in [0.1, 0.15) is 0 Å². The summed E-state index contributed by atoms with van der Waals surface area (Å²) in [5.74, 6) is 0. The van der Waals surface area contributed by atoms with Crippen LogP contribution in [0.15, 0.2) is 16.8 Å². The van der Waals surface area contributed by atoms with Crippen LogP contribution in [0.25, 0.3) is 0 Å². The first-order valence-electron chi connectivity index (χ1n) is 7.21. The molecule has 110 valence electrons. The molecule has 0 aliphatic heterocycles. The van der Waals surface area contributed by atoms with Crippen molar-refractivity contribution < 1.29 is 13.5 Å². The third-order valence-electron chi connectivity index (χ3n) is 3.14. The van der Waals surface area contributed by atoms with Crippen molar-refractivity contribution in [2.75, 3.05) is 6.61 Å². The average Bonchev–Trinajstić information content (AvgIpc) is 2.91. The molecule has 1 nitrogen and oxygen atoms in total. The van der Waals surface area contributed by atoms with E-state index in [4.69, 9.17) is 4.74 Å². The zero-order valence-corrected chi connectivity index (χ0v) is 12.5. The molecule has 0 aromatic carbocycles. The highest BCUT2D eigenvalue weighted by Crippen LogP contribution is 2.31. The van der Waals surface area contributed by atoms with Crippen molar-refractivity contribution in [2.24, 2.45) is 0 Å². The number of ether oxygens (including phenoxy) is 1. The van der Waals surface area contributed by atoms with Gasteiger partial charge in [0.2, 0.25) is 0 Å². The van der Waals surface area contributed by atoms with Gasteiger partial charge in [0.05, 0.1) is 12.2 Å².